The number of carbonyl (C=O) groups is 1. The van der Waals surface area contributed by atoms with Crippen molar-refractivity contribution >= 4 is 5.97 Å². The summed E-state index contributed by atoms with van der Waals surface area (Å²) in [5.74, 6) is 0.419. The highest BCUT2D eigenvalue weighted by Gasteiger charge is 2.44. The van der Waals surface area contributed by atoms with E-state index >= 15 is 0 Å². The third-order valence-corrected chi connectivity index (χ3v) is 4.94. The van der Waals surface area contributed by atoms with Crippen LogP contribution in [0.1, 0.15) is 44.9 Å². The van der Waals surface area contributed by atoms with Crippen LogP contribution in [-0.2, 0) is 14.3 Å². The van der Waals surface area contributed by atoms with Gasteiger partial charge in [-0.2, -0.15) is 0 Å². The Morgan fingerprint density at radius 1 is 1.00 bits per heavy atom. The third kappa shape index (κ3) is 3.51. The second-order valence-electron chi connectivity index (χ2n) is 6.59. The molecule has 3 aliphatic rings. The fourth-order valence-electron chi connectivity index (χ4n) is 3.54. The SMILES string of the molecule is O=C(CC1CCC(O)C(O)C1)OCC1CCC2OC2C1. The van der Waals surface area contributed by atoms with Gasteiger partial charge >= 0.3 is 5.97 Å². The second kappa shape index (κ2) is 6.00. The van der Waals surface area contributed by atoms with Gasteiger partial charge in [0.05, 0.1) is 31.0 Å². The highest BCUT2D eigenvalue weighted by atomic mass is 16.6. The average Bonchev–Trinajstić information content (AvgIpc) is 3.19. The van der Waals surface area contributed by atoms with E-state index in [1.54, 1.807) is 0 Å². The van der Waals surface area contributed by atoms with E-state index in [1.165, 1.54) is 0 Å². The average molecular weight is 284 g/mol. The van der Waals surface area contributed by atoms with Crippen LogP contribution in [0, 0.1) is 11.8 Å². The van der Waals surface area contributed by atoms with Crippen molar-refractivity contribution in [3.8, 4) is 0 Å². The van der Waals surface area contributed by atoms with Gasteiger partial charge in [0, 0.05) is 6.42 Å². The fourth-order valence-corrected chi connectivity index (χ4v) is 3.54. The number of fused-ring (bicyclic) bond motifs is 1. The lowest BCUT2D eigenvalue weighted by atomic mass is 9.83. The molecule has 0 aromatic rings. The molecule has 0 spiro atoms. The van der Waals surface area contributed by atoms with Crippen LogP contribution >= 0.6 is 0 Å². The summed E-state index contributed by atoms with van der Waals surface area (Å²) in [5, 5.41) is 19.1. The molecule has 5 heteroatoms. The van der Waals surface area contributed by atoms with Crippen molar-refractivity contribution in [2.75, 3.05) is 6.61 Å². The molecule has 0 amide bonds. The monoisotopic (exact) mass is 284 g/mol. The van der Waals surface area contributed by atoms with E-state index in [4.69, 9.17) is 9.47 Å². The topological polar surface area (TPSA) is 79.3 Å². The first kappa shape index (κ1) is 14.3. The van der Waals surface area contributed by atoms with E-state index in [-0.39, 0.29) is 11.9 Å². The largest absolute Gasteiger partial charge is 0.465 e. The van der Waals surface area contributed by atoms with Crippen molar-refractivity contribution < 1.29 is 24.5 Å². The van der Waals surface area contributed by atoms with Gasteiger partial charge in [0.1, 0.15) is 0 Å². The highest BCUT2D eigenvalue weighted by molar-refractivity contribution is 5.69. The molecule has 6 atom stereocenters. The number of aliphatic hydroxyl groups is 2. The smallest absolute Gasteiger partial charge is 0.306 e. The minimum atomic E-state index is -0.691. The van der Waals surface area contributed by atoms with Gasteiger partial charge in [0.2, 0.25) is 0 Å². The molecule has 2 aliphatic carbocycles. The molecule has 5 nitrogen and oxygen atoms in total. The van der Waals surface area contributed by atoms with Gasteiger partial charge in [0.15, 0.2) is 0 Å². The zero-order valence-corrected chi connectivity index (χ0v) is 11.7. The van der Waals surface area contributed by atoms with E-state index in [1.807, 2.05) is 0 Å². The summed E-state index contributed by atoms with van der Waals surface area (Å²) in [6.07, 6.45) is 5.00. The molecular formula is C15H24O5. The zero-order valence-electron chi connectivity index (χ0n) is 11.7. The molecule has 1 saturated heterocycles. The van der Waals surface area contributed by atoms with Gasteiger partial charge < -0.3 is 19.7 Å². The molecule has 6 unspecified atom stereocenters. The van der Waals surface area contributed by atoms with Crippen LogP contribution in [0.25, 0.3) is 0 Å². The maximum absolute atomic E-state index is 11.8. The van der Waals surface area contributed by atoms with Crippen LogP contribution in [0.3, 0.4) is 0 Å². The Morgan fingerprint density at radius 2 is 1.80 bits per heavy atom. The second-order valence-corrected chi connectivity index (χ2v) is 6.59. The Kier molecular flexibility index (Phi) is 4.29. The normalized spacial score (nSPS) is 43.7. The van der Waals surface area contributed by atoms with E-state index in [9.17, 15) is 15.0 Å². The summed E-state index contributed by atoms with van der Waals surface area (Å²) in [7, 11) is 0. The van der Waals surface area contributed by atoms with Crippen LogP contribution in [0.2, 0.25) is 0 Å². The van der Waals surface area contributed by atoms with Crippen LogP contribution in [0.5, 0.6) is 0 Å². The summed E-state index contributed by atoms with van der Waals surface area (Å²) in [5.41, 5.74) is 0. The van der Waals surface area contributed by atoms with Crippen molar-refractivity contribution in [2.24, 2.45) is 11.8 Å². The molecule has 114 valence electrons. The Labute approximate surface area is 119 Å². The number of esters is 1. The fraction of sp³-hybridized carbons (Fsp3) is 0.933. The molecule has 2 saturated carbocycles. The molecule has 3 rings (SSSR count). The number of rotatable bonds is 4. The van der Waals surface area contributed by atoms with Crippen LogP contribution in [0.4, 0.5) is 0 Å². The van der Waals surface area contributed by atoms with E-state index in [0.29, 0.717) is 44.0 Å². The highest BCUT2D eigenvalue weighted by Crippen LogP contribution is 2.39. The van der Waals surface area contributed by atoms with Crippen LogP contribution < -0.4 is 0 Å². The molecule has 1 aliphatic heterocycles. The summed E-state index contributed by atoms with van der Waals surface area (Å²) in [6.45, 7) is 0.503. The van der Waals surface area contributed by atoms with Crippen molar-refractivity contribution in [3.05, 3.63) is 0 Å². The lowest BCUT2D eigenvalue weighted by Crippen LogP contribution is -2.34. The molecule has 0 aromatic heterocycles. The summed E-state index contributed by atoms with van der Waals surface area (Å²) >= 11 is 0. The number of aliphatic hydroxyl groups excluding tert-OH is 2. The Balaban J connectivity index is 1.34. The quantitative estimate of drug-likeness (QED) is 0.595. The van der Waals surface area contributed by atoms with Gasteiger partial charge in [-0.1, -0.05) is 0 Å². The molecule has 0 bridgehead atoms. The number of hydrogen-bond donors (Lipinski definition) is 2. The molecule has 3 fully saturated rings. The summed E-state index contributed by atoms with van der Waals surface area (Å²) < 4.78 is 10.8. The lowest BCUT2D eigenvalue weighted by Gasteiger charge is -2.29. The van der Waals surface area contributed by atoms with Gasteiger partial charge in [-0.15, -0.1) is 0 Å². The first-order chi connectivity index (χ1) is 9.61. The predicted molar refractivity (Wildman–Crippen MR) is 70.9 cm³/mol. The first-order valence-electron chi connectivity index (χ1n) is 7.79. The number of ether oxygens (including phenoxy) is 2. The van der Waals surface area contributed by atoms with Crippen molar-refractivity contribution in [1.82, 2.24) is 0 Å². The number of hydrogen-bond acceptors (Lipinski definition) is 5. The van der Waals surface area contributed by atoms with E-state index in [0.717, 1.165) is 25.7 Å². The summed E-state index contributed by atoms with van der Waals surface area (Å²) in [6, 6.07) is 0. The molecule has 20 heavy (non-hydrogen) atoms. The standard InChI is InChI=1S/C15H24O5/c16-11-3-1-9(5-12(11)17)7-15(18)19-8-10-2-4-13-14(6-10)20-13/h9-14,16-17H,1-8H2. The van der Waals surface area contributed by atoms with E-state index in [2.05, 4.69) is 0 Å². The van der Waals surface area contributed by atoms with Crippen molar-refractivity contribution in [1.29, 1.82) is 0 Å². The molecule has 0 aromatic carbocycles. The minimum absolute atomic E-state index is 0.142. The summed E-state index contributed by atoms with van der Waals surface area (Å²) in [4.78, 5) is 11.8. The van der Waals surface area contributed by atoms with Crippen molar-refractivity contribution in [2.45, 2.75) is 69.4 Å². The molecule has 0 radical (unpaired) electrons. The zero-order chi connectivity index (χ0) is 14.1. The maximum Gasteiger partial charge on any atom is 0.306 e. The molecule has 1 heterocycles. The minimum Gasteiger partial charge on any atom is -0.465 e. The number of carbonyl (C=O) groups excluding carboxylic acids is 1. The Morgan fingerprint density at radius 3 is 2.55 bits per heavy atom. The van der Waals surface area contributed by atoms with Crippen LogP contribution in [0.15, 0.2) is 0 Å². The van der Waals surface area contributed by atoms with Gasteiger partial charge in [0.25, 0.3) is 0 Å². The predicted octanol–water partition coefficient (Wildman–Crippen LogP) is 1.01. The van der Waals surface area contributed by atoms with Gasteiger partial charge in [-0.25, -0.2) is 0 Å². The first-order valence-corrected chi connectivity index (χ1v) is 7.79. The maximum atomic E-state index is 11.8. The van der Waals surface area contributed by atoms with Crippen molar-refractivity contribution in [3.63, 3.8) is 0 Å². The van der Waals surface area contributed by atoms with Crippen LogP contribution in [-0.4, -0.2) is 47.2 Å². The van der Waals surface area contributed by atoms with Gasteiger partial charge in [-0.3, -0.25) is 4.79 Å². The van der Waals surface area contributed by atoms with E-state index < -0.39 is 12.2 Å². The van der Waals surface area contributed by atoms with Gasteiger partial charge in [-0.05, 0) is 50.4 Å². The molecular weight excluding hydrogens is 260 g/mol. The Hall–Kier alpha value is -0.650. The Bertz CT molecular complexity index is 358. The third-order valence-electron chi connectivity index (χ3n) is 4.94. The number of epoxide rings is 1. The molecule has 2 N–H and O–H groups in total. The lowest BCUT2D eigenvalue weighted by molar-refractivity contribution is -0.147.